The summed E-state index contributed by atoms with van der Waals surface area (Å²) in [5, 5.41) is 20.5. The molecule has 0 fully saturated rings. The second-order valence-corrected chi connectivity index (χ2v) is 9.69. The molecule has 0 aromatic heterocycles. The molecule has 0 aliphatic carbocycles. The Morgan fingerprint density at radius 1 is 0.647 bits per heavy atom. The van der Waals surface area contributed by atoms with Crippen LogP contribution >= 0.6 is 0 Å². The van der Waals surface area contributed by atoms with Crippen LogP contribution in [0, 0.1) is 11.8 Å². The molecule has 0 radical (unpaired) electrons. The maximum absolute atomic E-state index is 10.2. The van der Waals surface area contributed by atoms with Crippen LogP contribution in [0.1, 0.15) is 62.8 Å². The Bertz CT molecular complexity index is 1060. The van der Waals surface area contributed by atoms with Gasteiger partial charge in [-0.2, -0.15) is 0 Å². The van der Waals surface area contributed by atoms with Gasteiger partial charge in [0, 0.05) is 23.6 Å². The van der Waals surface area contributed by atoms with Crippen molar-refractivity contribution in [3.63, 3.8) is 0 Å². The molecule has 0 aliphatic rings. The van der Waals surface area contributed by atoms with E-state index in [1.54, 1.807) is 24.6 Å². The van der Waals surface area contributed by atoms with Crippen LogP contribution in [0.2, 0.25) is 0 Å². The summed E-state index contributed by atoms with van der Waals surface area (Å²) in [6.07, 6.45) is 7.57. The minimum absolute atomic E-state index is 0.221. The Balaban J connectivity index is 1.73. The Morgan fingerprint density at radius 2 is 1.09 bits per heavy atom. The molecule has 0 atom stereocenters. The molecule has 3 rings (SSSR count). The second kappa shape index (κ2) is 12.2. The highest BCUT2D eigenvalue weighted by molar-refractivity contribution is 5.87. The quantitative estimate of drug-likeness (QED) is 0.306. The third-order valence-corrected chi connectivity index (χ3v) is 5.74. The predicted molar refractivity (Wildman–Crippen MR) is 143 cm³/mol. The van der Waals surface area contributed by atoms with E-state index in [9.17, 15) is 10.2 Å². The smallest absolute Gasteiger partial charge is 0.124 e. The first-order valence-electron chi connectivity index (χ1n) is 12.1. The van der Waals surface area contributed by atoms with E-state index in [2.05, 4.69) is 37.7 Å². The van der Waals surface area contributed by atoms with Crippen molar-refractivity contribution in [3.05, 3.63) is 82.9 Å². The summed E-state index contributed by atoms with van der Waals surface area (Å²) in [6, 6.07) is 19.0. The van der Waals surface area contributed by atoms with Crippen LogP contribution in [0.25, 0.3) is 0 Å². The third-order valence-electron chi connectivity index (χ3n) is 5.74. The molecule has 0 amide bonds. The topological polar surface area (TPSA) is 65.2 Å². The van der Waals surface area contributed by atoms with Crippen molar-refractivity contribution < 1.29 is 10.2 Å². The first-order chi connectivity index (χ1) is 16.3. The first-order valence-corrected chi connectivity index (χ1v) is 12.1. The van der Waals surface area contributed by atoms with Crippen molar-refractivity contribution in [1.29, 1.82) is 0 Å². The van der Waals surface area contributed by atoms with Crippen molar-refractivity contribution in [1.82, 2.24) is 0 Å². The average molecular weight is 457 g/mol. The monoisotopic (exact) mass is 456 g/mol. The van der Waals surface area contributed by atoms with Crippen LogP contribution in [0.5, 0.6) is 11.5 Å². The lowest BCUT2D eigenvalue weighted by molar-refractivity contribution is 0.473. The number of hydrogen-bond acceptors (Lipinski definition) is 4. The fourth-order valence-electron chi connectivity index (χ4n) is 3.58. The summed E-state index contributed by atoms with van der Waals surface area (Å²) >= 11 is 0. The molecule has 0 unspecified atom stereocenters. The Labute approximate surface area is 203 Å². The van der Waals surface area contributed by atoms with E-state index in [0.717, 1.165) is 37.1 Å². The van der Waals surface area contributed by atoms with Crippen LogP contribution in [0.15, 0.2) is 70.6 Å². The van der Waals surface area contributed by atoms with E-state index in [0.29, 0.717) is 23.0 Å². The van der Waals surface area contributed by atoms with E-state index >= 15 is 0 Å². The minimum Gasteiger partial charge on any atom is -0.507 e. The number of rotatable bonds is 10. The van der Waals surface area contributed by atoms with Crippen molar-refractivity contribution in [2.75, 3.05) is 0 Å². The molecule has 3 aromatic rings. The second-order valence-electron chi connectivity index (χ2n) is 9.69. The molecule has 34 heavy (non-hydrogen) atoms. The fourth-order valence-corrected chi connectivity index (χ4v) is 3.58. The number of aromatic hydroxyl groups is 2. The third kappa shape index (κ3) is 7.87. The van der Waals surface area contributed by atoms with Gasteiger partial charge in [0.25, 0.3) is 0 Å². The van der Waals surface area contributed by atoms with Crippen LogP contribution in [-0.2, 0) is 12.8 Å². The number of nitrogens with zero attached hydrogens (tertiary/aromatic N) is 2. The summed E-state index contributed by atoms with van der Waals surface area (Å²) in [5.41, 5.74) is 5.30. The van der Waals surface area contributed by atoms with Gasteiger partial charge in [-0.25, -0.2) is 0 Å². The van der Waals surface area contributed by atoms with Gasteiger partial charge in [-0.15, -0.1) is 0 Å². The van der Waals surface area contributed by atoms with Crippen molar-refractivity contribution in [2.24, 2.45) is 21.8 Å². The summed E-state index contributed by atoms with van der Waals surface area (Å²) in [7, 11) is 0. The summed E-state index contributed by atoms with van der Waals surface area (Å²) in [5.74, 6) is 1.72. The molecule has 0 aliphatic heterocycles. The Kier molecular flexibility index (Phi) is 9.03. The molecule has 0 saturated heterocycles. The lowest BCUT2D eigenvalue weighted by Gasteiger charge is -2.07. The zero-order valence-corrected chi connectivity index (χ0v) is 20.7. The van der Waals surface area contributed by atoms with Gasteiger partial charge in [0.15, 0.2) is 0 Å². The average Bonchev–Trinajstić information content (AvgIpc) is 2.81. The predicted octanol–water partition coefficient (Wildman–Crippen LogP) is 7.78. The van der Waals surface area contributed by atoms with Gasteiger partial charge in [0.1, 0.15) is 11.5 Å². The Morgan fingerprint density at radius 3 is 1.50 bits per heavy atom. The zero-order valence-electron chi connectivity index (χ0n) is 20.7. The summed E-state index contributed by atoms with van der Waals surface area (Å²) in [4.78, 5) is 9.11. The number of aliphatic imine (C=N–C) groups is 2. The first kappa shape index (κ1) is 25.2. The molecule has 4 nitrogen and oxygen atoms in total. The summed E-state index contributed by atoms with van der Waals surface area (Å²) < 4.78 is 0. The van der Waals surface area contributed by atoms with Gasteiger partial charge >= 0.3 is 0 Å². The zero-order chi connectivity index (χ0) is 24.5. The molecular weight excluding hydrogens is 420 g/mol. The van der Waals surface area contributed by atoms with Crippen molar-refractivity contribution >= 4 is 23.8 Å². The van der Waals surface area contributed by atoms with Crippen LogP contribution in [-0.4, -0.2) is 22.6 Å². The normalized spacial score (nSPS) is 11.9. The van der Waals surface area contributed by atoms with Gasteiger partial charge in [-0.3, -0.25) is 9.98 Å². The molecule has 4 heteroatoms. The highest BCUT2D eigenvalue weighted by Crippen LogP contribution is 2.24. The van der Waals surface area contributed by atoms with Gasteiger partial charge in [-0.05, 0) is 91.1 Å². The molecular formula is C30H36N2O2. The SMILES string of the molecule is CC(C)CCc1ccc(O)c(C=Nc2cccc(N=Cc3cc(CCC(C)C)ccc3O)c2)c1. The van der Waals surface area contributed by atoms with Gasteiger partial charge in [0.05, 0.1) is 11.4 Å². The van der Waals surface area contributed by atoms with E-state index < -0.39 is 0 Å². The standard InChI is InChI=1S/C30H36N2O2/c1-21(2)8-10-23-12-14-29(33)25(16-23)19-31-27-6-5-7-28(18-27)32-20-26-17-24(11-9-22(3)4)13-15-30(26)34/h5-7,12-22,33-34H,8-11H2,1-4H3. The van der Waals surface area contributed by atoms with Crippen LogP contribution in [0.3, 0.4) is 0 Å². The maximum Gasteiger partial charge on any atom is 0.124 e. The molecule has 178 valence electrons. The number of benzene rings is 3. The van der Waals surface area contributed by atoms with Gasteiger partial charge in [0.2, 0.25) is 0 Å². The van der Waals surface area contributed by atoms with E-state index in [1.807, 2.05) is 48.5 Å². The molecule has 0 bridgehead atoms. The highest BCUT2D eigenvalue weighted by Gasteiger charge is 2.04. The number of phenols is 2. The number of hydrogen-bond donors (Lipinski definition) is 2. The number of aryl methyl sites for hydroxylation is 2. The highest BCUT2D eigenvalue weighted by atomic mass is 16.3. The molecule has 0 heterocycles. The summed E-state index contributed by atoms with van der Waals surface area (Å²) in [6.45, 7) is 8.85. The lowest BCUT2D eigenvalue weighted by atomic mass is 10.0. The molecule has 0 spiro atoms. The lowest BCUT2D eigenvalue weighted by Crippen LogP contribution is -1.94. The van der Waals surface area contributed by atoms with Gasteiger partial charge < -0.3 is 10.2 Å². The molecule has 2 N–H and O–H groups in total. The van der Waals surface area contributed by atoms with Gasteiger partial charge in [-0.1, -0.05) is 45.9 Å². The largest absolute Gasteiger partial charge is 0.507 e. The molecule has 3 aromatic carbocycles. The van der Waals surface area contributed by atoms with E-state index in [-0.39, 0.29) is 11.5 Å². The van der Waals surface area contributed by atoms with E-state index in [4.69, 9.17) is 0 Å². The van der Waals surface area contributed by atoms with Crippen LogP contribution < -0.4 is 0 Å². The maximum atomic E-state index is 10.2. The van der Waals surface area contributed by atoms with E-state index in [1.165, 1.54) is 11.1 Å². The van der Waals surface area contributed by atoms with Crippen molar-refractivity contribution in [3.8, 4) is 11.5 Å². The minimum atomic E-state index is 0.221. The molecule has 0 saturated carbocycles. The van der Waals surface area contributed by atoms with Crippen molar-refractivity contribution in [2.45, 2.75) is 53.4 Å². The Hall–Kier alpha value is -3.40. The number of phenolic OH excluding ortho intramolecular Hbond substituents is 2. The fraction of sp³-hybridized carbons (Fsp3) is 0.333. The van der Waals surface area contributed by atoms with Crippen LogP contribution in [0.4, 0.5) is 11.4 Å².